The van der Waals surface area contributed by atoms with Crippen molar-refractivity contribution < 1.29 is 9.53 Å². The number of nitriles is 1. The number of ether oxygens (including phenoxy) is 1. The van der Waals surface area contributed by atoms with Crippen LogP contribution in [-0.2, 0) is 9.53 Å². The molecular weight excluding hydrogens is 182 g/mol. The van der Waals surface area contributed by atoms with Crippen molar-refractivity contribution in [3.8, 4) is 6.07 Å². The van der Waals surface area contributed by atoms with Gasteiger partial charge in [-0.2, -0.15) is 5.26 Å². The van der Waals surface area contributed by atoms with Crippen molar-refractivity contribution in [2.24, 2.45) is 0 Å². The first-order chi connectivity index (χ1) is 6.77. The summed E-state index contributed by atoms with van der Waals surface area (Å²) in [4.78, 5) is 14.9. The lowest BCUT2D eigenvalue weighted by atomic mass is 10.3. The second kappa shape index (κ2) is 4.82. The number of hydrogen-bond donors (Lipinski definition) is 0. The van der Waals surface area contributed by atoms with Crippen molar-refractivity contribution in [2.45, 2.75) is 6.92 Å². The lowest BCUT2D eigenvalue weighted by molar-refractivity contribution is -0.137. The molecule has 1 heterocycles. The minimum atomic E-state index is -0.622. The van der Waals surface area contributed by atoms with Crippen molar-refractivity contribution in [1.29, 1.82) is 5.26 Å². The van der Waals surface area contributed by atoms with E-state index in [9.17, 15) is 4.79 Å². The fourth-order valence-electron chi connectivity index (χ4n) is 0.831. The Kier molecular flexibility index (Phi) is 3.44. The molecule has 0 unspecified atom stereocenters. The third-order valence-corrected chi connectivity index (χ3v) is 1.42. The first-order valence-electron chi connectivity index (χ1n) is 4.04. The van der Waals surface area contributed by atoms with E-state index in [0.717, 1.165) is 0 Å². The Morgan fingerprint density at radius 3 is 3.07 bits per heavy atom. The van der Waals surface area contributed by atoms with Gasteiger partial charge in [-0.05, 0) is 6.92 Å². The molecule has 0 saturated carbocycles. The quantitative estimate of drug-likeness (QED) is 0.403. The number of carbonyl (C=O) groups excluding carboxylic acids is 1. The molecule has 5 nitrogen and oxygen atoms in total. The van der Waals surface area contributed by atoms with Crippen LogP contribution in [0, 0.1) is 11.3 Å². The molecule has 0 amide bonds. The fourth-order valence-corrected chi connectivity index (χ4v) is 0.831. The molecule has 0 aliphatic carbocycles. The molecule has 5 heteroatoms. The number of esters is 1. The van der Waals surface area contributed by atoms with Crippen molar-refractivity contribution in [2.75, 3.05) is 6.61 Å². The Morgan fingerprint density at radius 2 is 2.57 bits per heavy atom. The van der Waals surface area contributed by atoms with Gasteiger partial charge in [-0.3, -0.25) is 0 Å². The van der Waals surface area contributed by atoms with Crippen LogP contribution < -0.4 is 0 Å². The highest BCUT2D eigenvalue weighted by molar-refractivity contribution is 5.96. The SMILES string of the molecule is CCOC(=O)C(C#N)=Cn1ccnc1. The third-order valence-electron chi connectivity index (χ3n) is 1.42. The molecule has 0 radical (unpaired) electrons. The molecule has 0 aromatic carbocycles. The first kappa shape index (κ1) is 9.99. The highest BCUT2D eigenvalue weighted by atomic mass is 16.5. The van der Waals surface area contributed by atoms with E-state index in [1.807, 2.05) is 0 Å². The summed E-state index contributed by atoms with van der Waals surface area (Å²) in [6.45, 7) is 1.94. The second-order valence-electron chi connectivity index (χ2n) is 2.38. The molecule has 0 bridgehead atoms. The van der Waals surface area contributed by atoms with E-state index in [2.05, 4.69) is 9.72 Å². The monoisotopic (exact) mass is 191 g/mol. The van der Waals surface area contributed by atoms with E-state index in [1.54, 1.807) is 25.4 Å². The molecule has 14 heavy (non-hydrogen) atoms. The highest BCUT2D eigenvalue weighted by Crippen LogP contribution is 1.99. The molecule has 0 aliphatic heterocycles. The summed E-state index contributed by atoms with van der Waals surface area (Å²) in [5, 5.41) is 8.67. The van der Waals surface area contributed by atoms with Gasteiger partial charge in [0.15, 0.2) is 5.57 Å². The number of rotatable bonds is 3. The standard InChI is InChI=1S/C9H9N3O2/c1-2-14-9(13)8(5-10)6-12-4-3-11-7-12/h3-4,6-7H,2H2,1H3. The van der Waals surface area contributed by atoms with Crippen molar-refractivity contribution in [3.05, 3.63) is 24.3 Å². The van der Waals surface area contributed by atoms with Gasteiger partial charge < -0.3 is 9.30 Å². The average Bonchev–Trinajstić information content (AvgIpc) is 2.66. The van der Waals surface area contributed by atoms with Crippen LogP contribution in [0.5, 0.6) is 0 Å². The van der Waals surface area contributed by atoms with Crippen LogP contribution in [0.3, 0.4) is 0 Å². The fraction of sp³-hybridized carbons (Fsp3) is 0.222. The van der Waals surface area contributed by atoms with Gasteiger partial charge in [0.25, 0.3) is 0 Å². The molecule has 0 aliphatic rings. The largest absolute Gasteiger partial charge is 0.462 e. The number of carbonyl (C=O) groups is 1. The van der Waals surface area contributed by atoms with Crippen molar-refractivity contribution in [3.63, 3.8) is 0 Å². The summed E-state index contributed by atoms with van der Waals surface area (Å²) in [7, 11) is 0. The van der Waals surface area contributed by atoms with Crippen LogP contribution in [0.2, 0.25) is 0 Å². The number of imidazole rings is 1. The average molecular weight is 191 g/mol. The molecule has 0 saturated heterocycles. The van der Waals surface area contributed by atoms with Gasteiger partial charge >= 0.3 is 5.97 Å². The summed E-state index contributed by atoms with van der Waals surface area (Å²) in [5.41, 5.74) is -0.0511. The van der Waals surface area contributed by atoms with Gasteiger partial charge in [0.1, 0.15) is 6.07 Å². The lowest BCUT2D eigenvalue weighted by Gasteiger charge is -1.98. The van der Waals surface area contributed by atoms with Crippen LogP contribution >= 0.6 is 0 Å². The van der Waals surface area contributed by atoms with E-state index in [4.69, 9.17) is 5.26 Å². The van der Waals surface area contributed by atoms with Gasteiger partial charge in [0, 0.05) is 18.6 Å². The van der Waals surface area contributed by atoms with E-state index < -0.39 is 5.97 Å². The minimum Gasteiger partial charge on any atom is -0.462 e. The Bertz CT molecular complexity index is 373. The molecule has 0 N–H and O–H groups in total. The van der Waals surface area contributed by atoms with Crippen LogP contribution in [-0.4, -0.2) is 22.1 Å². The van der Waals surface area contributed by atoms with Gasteiger partial charge in [-0.15, -0.1) is 0 Å². The third kappa shape index (κ3) is 2.45. The van der Waals surface area contributed by atoms with Crippen molar-refractivity contribution in [1.82, 2.24) is 9.55 Å². The van der Waals surface area contributed by atoms with Gasteiger partial charge in [0.05, 0.1) is 12.9 Å². The molecule has 1 aromatic heterocycles. The summed E-state index contributed by atoms with van der Waals surface area (Å²) in [6, 6.07) is 1.76. The maximum atomic E-state index is 11.2. The summed E-state index contributed by atoms with van der Waals surface area (Å²) in [5.74, 6) is -0.622. The van der Waals surface area contributed by atoms with Crippen LogP contribution in [0.1, 0.15) is 6.92 Å². The van der Waals surface area contributed by atoms with E-state index >= 15 is 0 Å². The Balaban J connectivity index is 2.83. The van der Waals surface area contributed by atoms with Gasteiger partial charge in [0.2, 0.25) is 0 Å². The molecule has 1 aromatic rings. The maximum absolute atomic E-state index is 11.2. The lowest BCUT2D eigenvalue weighted by Crippen LogP contribution is -2.06. The van der Waals surface area contributed by atoms with E-state index in [-0.39, 0.29) is 12.2 Å². The molecule has 72 valence electrons. The zero-order valence-electron chi connectivity index (χ0n) is 7.67. The van der Waals surface area contributed by atoms with Crippen LogP contribution in [0.25, 0.3) is 6.20 Å². The summed E-state index contributed by atoms with van der Waals surface area (Å²) >= 11 is 0. The topological polar surface area (TPSA) is 67.9 Å². The number of aromatic nitrogens is 2. The molecular formula is C9H9N3O2. The number of hydrogen-bond acceptors (Lipinski definition) is 4. The summed E-state index contributed by atoms with van der Waals surface area (Å²) < 4.78 is 6.19. The molecule has 0 atom stereocenters. The van der Waals surface area contributed by atoms with E-state index in [1.165, 1.54) is 17.1 Å². The minimum absolute atomic E-state index is 0.0511. The number of nitrogens with zero attached hydrogens (tertiary/aromatic N) is 3. The Labute approximate surface area is 81.2 Å². The normalized spacial score (nSPS) is 10.7. The van der Waals surface area contributed by atoms with Gasteiger partial charge in [-0.1, -0.05) is 0 Å². The van der Waals surface area contributed by atoms with E-state index in [0.29, 0.717) is 0 Å². The Morgan fingerprint density at radius 1 is 1.79 bits per heavy atom. The summed E-state index contributed by atoms with van der Waals surface area (Å²) in [6.07, 6.45) is 6.02. The van der Waals surface area contributed by atoms with Gasteiger partial charge in [-0.25, -0.2) is 9.78 Å². The predicted octanol–water partition coefficient (Wildman–Crippen LogP) is 0.811. The molecule has 1 rings (SSSR count). The smallest absolute Gasteiger partial charge is 0.350 e. The second-order valence-corrected chi connectivity index (χ2v) is 2.38. The zero-order chi connectivity index (χ0) is 10.4. The maximum Gasteiger partial charge on any atom is 0.350 e. The van der Waals surface area contributed by atoms with Crippen LogP contribution in [0.4, 0.5) is 0 Å². The highest BCUT2D eigenvalue weighted by Gasteiger charge is 2.09. The zero-order valence-corrected chi connectivity index (χ0v) is 7.67. The predicted molar refractivity (Wildman–Crippen MR) is 48.7 cm³/mol. The van der Waals surface area contributed by atoms with Crippen molar-refractivity contribution >= 4 is 12.2 Å². The first-order valence-corrected chi connectivity index (χ1v) is 4.04. The molecule has 0 spiro atoms. The van der Waals surface area contributed by atoms with Crippen LogP contribution in [0.15, 0.2) is 24.3 Å². The molecule has 0 fully saturated rings. The Hall–Kier alpha value is -2.09.